The molecule has 3 rings (SSSR count). The van der Waals surface area contributed by atoms with Crippen LogP contribution in [0.2, 0.25) is 5.02 Å². The van der Waals surface area contributed by atoms with Crippen LogP contribution < -0.4 is 5.32 Å². The lowest BCUT2D eigenvalue weighted by atomic mass is 10.0. The Labute approximate surface area is 214 Å². The molecule has 35 heavy (non-hydrogen) atoms. The number of hydrogen-bond donors (Lipinski definition) is 2. The molecule has 3 aromatic carbocycles. The van der Waals surface area contributed by atoms with Gasteiger partial charge < -0.3 is 10.4 Å². The zero-order valence-electron chi connectivity index (χ0n) is 19.3. The third-order valence-electron chi connectivity index (χ3n) is 5.24. The van der Waals surface area contributed by atoms with E-state index >= 15 is 0 Å². The number of halogens is 1. The lowest BCUT2D eigenvalue weighted by Crippen LogP contribution is -2.51. The van der Waals surface area contributed by atoms with Crippen LogP contribution in [0.3, 0.4) is 0 Å². The fourth-order valence-corrected chi connectivity index (χ4v) is 4.53. The number of aliphatic carboxylic acids is 1. The monoisotopic (exact) mass is 510 g/mol. The molecule has 0 aliphatic carbocycles. The summed E-state index contributed by atoms with van der Waals surface area (Å²) in [7, 11) is 0. The van der Waals surface area contributed by atoms with Gasteiger partial charge in [0.2, 0.25) is 0 Å². The van der Waals surface area contributed by atoms with Gasteiger partial charge in [0.25, 0.3) is 5.91 Å². The van der Waals surface area contributed by atoms with Crippen molar-refractivity contribution in [2.75, 3.05) is 12.3 Å². The largest absolute Gasteiger partial charge is 0.480 e. The van der Waals surface area contributed by atoms with Crippen LogP contribution in [0.25, 0.3) is 11.1 Å². The molecule has 2 N–H and O–H groups in total. The summed E-state index contributed by atoms with van der Waals surface area (Å²) in [6, 6.07) is 22.1. The van der Waals surface area contributed by atoms with E-state index in [4.69, 9.17) is 11.6 Å². The maximum atomic E-state index is 13.1. The first kappa shape index (κ1) is 26.3. The van der Waals surface area contributed by atoms with Crippen molar-refractivity contribution in [2.24, 2.45) is 0 Å². The highest BCUT2D eigenvalue weighted by Gasteiger charge is 2.27. The van der Waals surface area contributed by atoms with Crippen molar-refractivity contribution in [1.29, 1.82) is 0 Å². The minimum Gasteiger partial charge on any atom is -0.480 e. The molecule has 6 nitrogen and oxygen atoms in total. The van der Waals surface area contributed by atoms with Crippen LogP contribution in [0.5, 0.6) is 0 Å². The molecule has 3 amide bonds. The quantitative estimate of drug-likeness (QED) is 0.351. The van der Waals surface area contributed by atoms with E-state index in [-0.39, 0.29) is 12.3 Å². The van der Waals surface area contributed by atoms with E-state index in [9.17, 15) is 19.5 Å². The normalized spacial score (nSPS) is 11.5. The van der Waals surface area contributed by atoms with Crippen molar-refractivity contribution in [3.8, 4) is 11.1 Å². The summed E-state index contributed by atoms with van der Waals surface area (Å²) in [4.78, 5) is 38.9. The van der Waals surface area contributed by atoms with E-state index in [1.165, 1.54) is 11.8 Å². The maximum absolute atomic E-state index is 13.1. The lowest BCUT2D eigenvalue weighted by Gasteiger charge is -2.23. The van der Waals surface area contributed by atoms with Gasteiger partial charge in [0, 0.05) is 28.6 Å². The first-order valence-electron chi connectivity index (χ1n) is 11.2. The molecule has 0 radical (unpaired) electrons. The highest BCUT2D eigenvalue weighted by molar-refractivity contribution is 7.98. The van der Waals surface area contributed by atoms with Crippen molar-refractivity contribution >= 4 is 41.3 Å². The molecule has 0 bridgehead atoms. The zero-order chi connectivity index (χ0) is 25.2. The SMILES string of the molecule is CCCN(C(=O)N[C@@H](CSCc1ccccc1)C(=O)O)C(=O)c1ccc(-c2ccc(Cl)cc2)cc1. The highest BCUT2D eigenvalue weighted by atomic mass is 35.5. The lowest BCUT2D eigenvalue weighted by molar-refractivity contribution is -0.138. The second-order valence-corrected chi connectivity index (χ2v) is 9.35. The Bertz CT molecular complexity index is 1140. The number of nitrogens with zero attached hydrogens (tertiary/aromatic N) is 1. The number of carboxylic acid groups (broad SMARTS) is 1. The van der Waals surface area contributed by atoms with Crippen molar-refractivity contribution < 1.29 is 19.5 Å². The molecule has 0 aliphatic heterocycles. The first-order chi connectivity index (χ1) is 16.9. The Hall–Kier alpha value is -3.29. The standard InChI is InChI=1S/C27H27ClN2O4S/c1-2-16-30(25(31)22-10-8-20(9-11-22)21-12-14-23(28)15-13-21)27(34)29-24(26(32)33)18-35-17-19-6-4-3-5-7-19/h3-15,24H,2,16-18H2,1H3,(H,29,34)(H,32,33)/t24-/m0/s1. The molecule has 0 unspecified atom stereocenters. The average Bonchev–Trinajstić information content (AvgIpc) is 2.87. The van der Waals surface area contributed by atoms with E-state index in [1.807, 2.05) is 49.4 Å². The minimum absolute atomic E-state index is 0.174. The number of urea groups is 1. The number of carboxylic acids is 1. The summed E-state index contributed by atoms with van der Waals surface area (Å²) in [5, 5.41) is 12.8. The van der Waals surface area contributed by atoms with Crippen LogP contribution in [0.1, 0.15) is 29.3 Å². The molecule has 8 heteroatoms. The molecule has 0 saturated heterocycles. The van der Waals surface area contributed by atoms with Crippen molar-refractivity contribution in [2.45, 2.75) is 25.1 Å². The third-order valence-corrected chi connectivity index (χ3v) is 6.60. The van der Waals surface area contributed by atoms with Crippen LogP contribution in [0.4, 0.5) is 4.79 Å². The number of carbonyl (C=O) groups excluding carboxylic acids is 2. The topological polar surface area (TPSA) is 86.7 Å². The fraction of sp³-hybridized carbons (Fsp3) is 0.222. The van der Waals surface area contributed by atoms with E-state index < -0.39 is 23.9 Å². The number of thioether (sulfide) groups is 1. The van der Waals surface area contributed by atoms with E-state index in [1.54, 1.807) is 36.4 Å². The Kier molecular flexibility index (Phi) is 9.76. The summed E-state index contributed by atoms with van der Waals surface area (Å²) in [5.41, 5.74) is 3.27. The fourth-order valence-electron chi connectivity index (χ4n) is 3.39. The first-order valence-corrected chi connectivity index (χ1v) is 12.7. The maximum Gasteiger partial charge on any atom is 0.327 e. The second kappa shape index (κ2) is 13.0. The molecule has 0 aliphatic rings. The van der Waals surface area contributed by atoms with E-state index in [2.05, 4.69) is 5.32 Å². The van der Waals surface area contributed by atoms with Crippen molar-refractivity contribution in [1.82, 2.24) is 10.2 Å². The van der Waals surface area contributed by atoms with Gasteiger partial charge in [-0.25, -0.2) is 9.59 Å². The van der Waals surface area contributed by atoms with E-state index in [0.717, 1.165) is 21.6 Å². The van der Waals surface area contributed by atoms with Gasteiger partial charge in [-0.2, -0.15) is 11.8 Å². The zero-order valence-corrected chi connectivity index (χ0v) is 20.9. The van der Waals surface area contributed by atoms with Gasteiger partial charge in [-0.1, -0.05) is 73.1 Å². The van der Waals surface area contributed by atoms with Gasteiger partial charge in [0.05, 0.1) is 0 Å². The number of hydrogen-bond acceptors (Lipinski definition) is 4. The minimum atomic E-state index is -1.14. The number of nitrogens with one attached hydrogen (secondary N) is 1. The Morgan fingerprint density at radius 1 is 0.943 bits per heavy atom. The van der Waals surface area contributed by atoms with Crippen LogP contribution in [-0.2, 0) is 10.5 Å². The molecule has 1 atom stereocenters. The smallest absolute Gasteiger partial charge is 0.327 e. The third kappa shape index (κ3) is 7.60. The van der Waals surface area contributed by atoms with Crippen LogP contribution in [0, 0.1) is 0 Å². The number of imide groups is 1. The number of benzene rings is 3. The van der Waals surface area contributed by atoms with Gasteiger partial charge in [-0.3, -0.25) is 9.69 Å². The number of amides is 3. The van der Waals surface area contributed by atoms with Gasteiger partial charge in [0.15, 0.2) is 0 Å². The number of rotatable bonds is 10. The molecular formula is C27H27ClN2O4S. The van der Waals surface area contributed by atoms with Crippen LogP contribution >= 0.6 is 23.4 Å². The summed E-state index contributed by atoms with van der Waals surface area (Å²) in [5.74, 6) is -0.818. The van der Waals surface area contributed by atoms with Crippen LogP contribution in [0.15, 0.2) is 78.9 Å². The second-order valence-electron chi connectivity index (χ2n) is 7.88. The molecule has 0 heterocycles. The molecule has 0 aromatic heterocycles. The predicted octanol–water partition coefficient (Wildman–Crippen LogP) is 5.96. The Morgan fingerprint density at radius 3 is 2.11 bits per heavy atom. The summed E-state index contributed by atoms with van der Waals surface area (Å²) in [6.07, 6.45) is 0.544. The molecule has 0 spiro atoms. The Morgan fingerprint density at radius 2 is 1.54 bits per heavy atom. The summed E-state index contributed by atoms with van der Waals surface area (Å²) >= 11 is 7.35. The van der Waals surface area contributed by atoms with Crippen LogP contribution in [-0.4, -0.2) is 46.3 Å². The summed E-state index contributed by atoms with van der Waals surface area (Å²) < 4.78 is 0. The Balaban J connectivity index is 1.66. The van der Waals surface area contributed by atoms with Gasteiger partial charge in [0.1, 0.15) is 6.04 Å². The molecule has 3 aromatic rings. The van der Waals surface area contributed by atoms with Crippen molar-refractivity contribution in [3.63, 3.8) is 0 Å². The number of carbonyl (C=O) groups is 3. The van der Waals surface area contributed by atoms with Crippen molar-refractivity contribution in [3.05, 3.63) is 95.0 Å². The highest BCUT2D eigenvalue weighted by Crippen LogP contribution is 2.22. The van der Waals surface area contributed by atoms with Gasteiger partial charge in [-0.15, -0.1) is 0 Å². The molecule has 182 valence electrons. The molecule has 0 saturated carbocycles. The molecular weight excluding hydrogens is 484 g/mol. The predicted molar refractivity (Wildman–Crippen MR) is 141 cm³/mol. The molecule has 0 fully saturated rings. The van der Waals surface area contributed by atoms with Gasteiger partial charge in [-0.05, 0) is 47.4 Å². The van der Waals surface area contributed by atoms with E-state index in [0.29, 0.717) is 22.8 Å². The summed E-state index contributed by atoms with van der Waals surface area (Å²) in [6.45, 7) is 2.02. The van der Waals surface area contributed by atoms with Gasteiger partial charge >= 0.3 is 12.0 Å². The average molecular weight is 511 g/mol.